The number of amides is 1. The lowest BCUT2D eigenvalue weighted by atomic mass is 10.2. The van der Waals surface area contributed by atoms with Crippen LogP contribution in [0.25, 0.3) is 6.08 Å². The van der Waals surface area contributed by atoms with Crippen LogP contribution in [0.1, 0.15) is 12.0 Å². The highest BCUT2D eigenvalue weighted by Crippen LogP contribution is 2.34. The standard InChI is InChI=1S/C15H14BrNO4S2/c1-20-11-4-3-9(7-10(11)16)8-12-14(19)17(15(22)23-12)6-5-13(18)21-2/h3-4,7-8H,5-6H2,1-2H3/b12-8+. The molecule has 1 amide bonds. The van der Waals surface area contributed by atoms with Gasteiger partial charge in [-0.2, -0.15) is 0 Å². The van der Waals surface area contributed by atoms with Gasteiger partial charge in [-0.1, -0.05) is 30.0 Å². The molecule has 1 saturated heterocycles. The summed E-state index contributed by atoms with van der Waals surface area (Å²) in [6, 6.07) is 5.53. The smallest absolute Gasteiger partial charge is 0.307 e. The summed E-state index contributed by atoms with van der Waals surface area (Å²) in [6.07, 6.45) is 1.88. The Balaban J connectivity index is 2.15. The quantitative estimate of drug-likeness (QED) is 0.418. The zero-order valence-electron chi connectivity index (χ0n) is 12.5. The number of methoxy groups -OCH3 is 2. The Kier molecular flexibility index (Phi) is 6.20. The molecule has 0 atom stereocenters. The molecule has 0 radical (unpaired) electrons. The summed E-state index contributed by atoms with van der Waals surface area (Å²) in [6.45, 7) is 0.223. The molecule has 0 bridgehead atoms. The van der Waals surface area contributed by atoms with Crippen LogP contribution in [-0.2, 0) is 14.3 Å². The van der Waals surface area contributed by atoms with E-state index in [0.29, 0.717) is 15.0 Å². The molecule has 23 heavy (non-hydrogen) atoms. The molecule has 2 rings (SSSR count). The van der Waals surface area contributed by atoms with Crippen LogP contribution >= 0.6 is 39.9 Å². The van der Waals surface area contributed by atoms with Crippen LogP contribution in [0.15, 0.2) is 27.6 Å². The summed E-state index contributed by atoms with van der Waals surface area (Å²) in [5.41, 5.74) is 0.853. The number of carbonyl (C=O) groups is 2. The van der Waals surface area contributed by atoms with Crippen LogP contribution in [0.3, 0.4) is 0 Å². The third-order valence-corrected chi connectivity index (χ3v) is 5.11. The summed E-state index contributed by atoms with van der Waals surface area (Å²) in [4.78, 5) is 25.5. The molecule has 1 aliphatic heterocycles. The molecule has 0 saturated carbocycles. The number of carbonyl (C=O) groups excluding carboxylic acids is 2. The number of thiocarbonyl (C=S) groups is 1. The van der Waals surface area contributed by atoms with Crippen molar-refractivity contribution < 1.29 is 19.1 Å². The zero-order valence-corrected chi connectivity index (χ0v) is 15.7. The number of hydrogen-bond acceptors (Lipinski definition) is 6. The minimum atomic E-state index is -0.373. The lowest BCUT2D eigenvalue weighted by Gasteiger charge is -2.12. The number of ether oxygens (including phenoxy) is 2. The Morgan fingerprint density at radius 1 is 1.43 bits per heavy atom. The molecule has 0 aliphatic carbocycles. The molecule has 1 fully saturated rings. The maximum Gasteiger partial charge on any atom is 0.307 e. The van der Waals surface area contributed by atoms with Crippen molar-refractivity contribution in [3.63, 3.8) is 0 Å². The zero-order chi connectivity index (χ0) is 17.0. The first kappa shape index (κ1) is 18.0. The van der Waals surface area contributed by atoms with Crippen LogP contribution in [0, 0.1) is 0 Å². The van der Waals surface area contributed by atoms with Crippen LogP contribution in [0.5, 0.6) is 5.75 Å². The fourth-order valence-electron chi connectivity index (χ4n) is 1.92. The second kappa shape index (κ2) is 7.94. The maximum atomic E-state index is 12.4. The van der Waals surface area contributed by atoms with E-state index in [0.717, 1.165) is 10.0 Å². The molecule has 5 nitrogen and oxygen atoms in total. The van der Waals surface area contributed by atoms with E-state index in [1.165, 1.54) is 23.8 Å². The summed E-state index contributed by atoms with van der Waals surface area (Å²) in [5, 5.41) is 0. The highest BCUT2D eigenvalue weighted by molar-refractivity contribution is 9.10. The topological polar surface area (TPSA) is 55.8 Å². The van der Waals surface area contributed by atoms with Gasteiger partial charge >= 0.3 is 5.97 Å². The summed E-state index contributed by atoms with van der Waals surface area (Å²) in [7, 11) is 2.90. The van der Waals surface area contributed by atoms with E-state index in [1.807, 2.05) is 18.2 Å². The normalized spacial score (nSPS) is 16.1. The molecule has 1 aromatic carbocycles. The van der Waals surface area contributed by atoms with Gasteiger partial charge in [-0.05, 0) is 39.7 Å². The number of benzene rings is 1. The van der Waals surface area contributed by atoms with E-state index in [1.54, 1.807) is 13.2 Å². The van der Waals surface area contributed by atoms with Crippen LogP contribution in [0.4, 0.5) is 0 Å². The van der Waals surface area contributed by atoms with Crippen molar-refractivity contribution in [2.24, 2.45) is 0 Å². The predicted octanol–water partition coefficient (Wildman–Crippen LogP) is 3.22. The molecule has 0 N–H and O–H groups in total. The average molecular weight is 416 g/mol. The van der Waals surface area contributed by atoms with E-state index >= 15 is 0 Å². The largest absolute Gasteiger partial charge is 0.496 e. The molecular formula is C15H14BrNO4S2. The SMILES string of the molecule is COC(=O)CCN1C(=O)/C(=C\c2ccc(OC)c(Br)c2)SC1=S. The molecule has 1 heterocycles. The first-order valence-electron chi connectivity index (χ1n) is 6.62. The molecule has 8 heteroatoms. The minimum Gasteiger partial charge on any atom is -0.496 e. The van der Waals surface area contributed by atoms with Gasteiger partial charge in [-0.15, -0.1) is 0 Å². The first-order chi connectivity index (χ1) is 11.0. The van der Waals surface area contributed by atoms with Crippen LogP contribution in [-0.4, -0.2) is 41.9 Å². The van der Waals surface area contributed by atoms with Gasteiger partial charge in [0, 0.05) is 6.54 Å². The first-order valence-corrected chi connectivity index (χ1v) is 8.63. The van der Waals surface area contributed by atoms with Crippen molar-refractivity contribution in [2.75, 3.05) is 20.8 Å². The van der Waals surface area contributed by atoms with Gasteiger partial charge < -0.3 is 9.47 Å². The molecule has 0 unspecified atom stereocenters. The lowest BCUT2D eigenvalue weighted by molar-refractivity contribution is -0.140. The van der Waals surface area contributed by atoms with Crippen molar-refractivity contribution in [1.82, 2.24) is 4.90 Å². The fraction of sp³-hybridized carbons (Fsp3) is 0.267. The van der Waals surface area contributed by atoms with Gasteiger partial charge in [0.15, 0.2) is 0 Å². The summed E-state index contributed by atoms with van der Waals surface area (Å²) in [5.74, 6) is 0.144. The van der Waals surface area contributed by atoms with Gasteiger partial charge in [0.25, 0.3) is 5.91 Å². The summed E-state index contributed by atoms with van der Waals surface area (Å²) >= 11 is 9.84. The van der Waals surface area contributed by atoms with E-state index in [-0.39, 0.29) is 24.8 Å². The molecule has 0 spiro atoms. The van der Waals surface area contributed by atoms with Gasteiger partial charge in [0.2, 0.25) is 0 Å². The van der Waals surface area contributed by atoms with Gasteiger partial charge in [-0.25, -0.2) is 0 Å². The Morgan fingerprint density at radius 2 is 2.17 bits per heavy atom. The number of thioether (sulfide) groups is 1. The highest BCUT2D eigenvalue weighted by atomic mass is 79.9. The Hall–Kier alpha value is -1.38. The van der Waals surface area contributed by atoms with E-state index in [4.69, 9.17) is 17.0 Å². The van der Waals surface area contributed by atoms with Crippen molar-refractivity contribution in [1.29, 1.82) is 0 Å². The van der Waals surface area contributed by atoms with Gasteiger partial charge in [0.05, 0.1) is 30.0 Å². The van der Waals surface area contributed by atoms with Crippen molar-refractivity contribution in [3.8, 4) is 5.75 Å². The highest BCUT2D eigenvalue weighted by Gasteiger charge is 2.32. The average Bonchev–Trinajstić information content (AvgIpc) is 2.79. The number of nitrogens with zero attached hydrogens (tertiary/aromatic N) is 1. The van der Waals surface area contributed by atoms with Crippen LogP contribution < -0.4 is 4.74 Å². The third-order valence-electron chi connectivity index (χ3n) is 3.11. The monoisotopic (exact) mass is 415 g/mol. The van der Waals surface area contributed by atoms with E-state index in [9.17, 15) is 9.59 Å². The minimum absolute atomic E-state index is 0.115. The van der Waals surface area contributed by atoms with E-state index < -0.39 is 0 Å². The maximum absolute atomic E-state index is 12.4. The third kappa shape index (κ3) is 4.33. The van der Waals surface area contributed by atoms with E-state index in [2.05, 4.69) is 20.7 Å². The van der Waals surface area contributed by atoms with Crippen molar-refractivity contribution in [3.05, 3.63) is 33.1 Å². The Bertz CT molecular complexity index is 690. The fourth-order valence-corrected chi connectivity index (χ4v) is 3.79. The lowest BCUT2D eigenvalue weighted by Crippen LogP contribution is -2.30. The number of hydrogen-bond donors (Lipinski definition) is 0. The number of halogens is 1. The number of rotatable bonds is 5. The molecule has 0 aromatic heterocycles. The summed E-state index contributed by atoms with van der Waals surface area (Å²) < 4.78 is 11.0. The number of esters is 1. The van der Waals surface area contributed by atoms with Gasteiger partial charge in [0.1, 0.15) is 10.1 Å². The second-order valence-corrected chi connectivity index (χ2v) is 7.08. The van der Waals surface area contributed by atoms with Gasteiger partial charge in [-0.3, -0.25) is 14.5 Å². The Labute approximate surface area is 152 Å². The Morgan fingerprint density at radius 3 is 2.78 bits per heavy atom. The second-order valence-electron chi connectivity index (χ2n) is 4.55. The van der Waals surface area contributed by atoms with Crippen LogP contribution in [0.2, 0.25) is 0 Å². The van der Waals surface area contributed by atoms with Crippen molar-refractivity contribution in [2.45, 2.75) is 6.42 Å². The molecule has 1 aromatic rings. The molecule has 1 aliphatic rings. The molecule has 122 valence electrons. The molecular weight excluding hydrogens is 402 g/mol. The van der Waals surface area contributed by atoms with Crippen molar-refractivity contribution >= 4 is 62.2 Å². The predicted molar refractivity (Wildman–Crippen MR) is 97.2 cm³/mol.